The predicted octanol–water partition coefficient (Wildman–Crippen LogP) is 1.16. The number of rotatable bonds is 1. The molecule has 0 radical (unpaired) electrons. The highest BCUT2D eigenvalue weighted by molar-refractivity contribution is 4.79. The molecule has 1 fully saturated rings. The molecule has 0 aromatic heterocycles. The van der Waals surface area contributed by atoms with Crippen LogP contribution in [0.4, 0.5) is 0 Å². The quantitative estimate of drug-likeness (QED) is 0.595. The summed E-state index contributed by atoms with van der Waals surface area (Å²) in [5.41, 5.74) is 0.118. The van der Waals surface area contributed by atoms with Crippen LogP contribution in [0.3, 0.4) is 0 Å². The van der Waals surface area contributed by atoms with Gasteiger partial charge in [-0.15, -0.1) is 0 Å². The van der Waals surface area contributed by atoms with Gasteiger partial charge in [0.1, 0.15) is 0 Å². The maximum absolute atomic E-state index is 5.61. The first-order valence-corrected chi connectivity index (χ1v) is 3.95. The van der Waals surface area contributed by atoms with E-state index in [1.54, 1.807) is 0 Å². The first-order chi connectivity index (χ1) is 4.64. The van der Waals surface area contributed by atoms with Gasteiger partial charge in [-0.2, -0.15) is 0 Å². The zero-order valence-corrected chi connectivity index (χ0v) is 7.11. The van der Waals surface area contributed by atoms with Crippen molar-refractivity contribution >= 4 is 0 Å². The summed E-state index contributed by atoms with van der Waals surface area (Å²) in [6.45, 7) is 5.17. The van der Waals surface area contributed by atoms with Crippen molar-refractivity contribution in [2.45, 2.75) is 38.3 Å². The number of hydrogen-bond donors (Lipinski definition) is 1. The van der Waals surface area contributed by atoms with E-state index in [-0.39, 0.29) is 5.60 Å². The van der Waals surface area contributed by atoms with E-state index >= 15 is 0 Å². The zero-order chi connectivity index (χ0) is 7.61. The van der Waals surface area contributed by atoms with Crippen molar-refractivity contribution in [2.24, 2.45) is 0 Å². The smallest absolute Gasteiger partial charge is 0.0627 e. The van der Waals surface area contributed by atoms with Crippen LogP contribution in [0.2, 0.25) is 0 Å². The molecule has 1 atom stereocenters. The maximum atomic E-state index is 5.61. The lowest BCUT2D eigenvalue weighted by Gasteiger charge is -2.34. The largest absolute Gasteiger partial charge is 0.374 e. The second-order valence-electron chi connectivity index (χ2n) is 3.59. The van der Waals surface area contributed by atoms with Gasteiger partial charge in [0.05, 0.1) is 12.2 Å². The Morgan fingerprint density at radius 2 is 2.20 bits per heavy atom. The summed E-state index contributed by atoms with van der Waals surface area (Å²) in [4.78, 5) is 0. The molecule has 1 aliphatic rings. The molecule has 1 rings (SSSR count). The number of ether oxygens (including phenoxy) is 1. The fourth-order valence-corrected chi connectivity index (χ4v) is 1.23. The Bertz CT molecular complexity index is 102. The molecule has 2 heteroatoms. The van der Waals surface area contributed by atoms with Crippen LogP contribution in [0.15, 0.2) is 0 Å². The highest BCUT2D eigenvalue weighted by Gasteiger charge is 2.26. The second-order valence-corrected chi connectivity index (χ2v) is 3.59. The van der Waals surface area contributed by atoms with Gasteiger partial charge in [0, 0.05) is 6.04 Å². The molecule has 1 N–H and O–H groups in total. The lowest BCUT2D eigenvalue weighted by molar-refractivity contribution is -0.0641. The maximum Gasteiger partial charge on any atom is 0.0627 e. The van der Waals surface area contributed by atoms with Gasteiger partial charge in [-0.1, -0.05) is 0 Å². The molecule has 1 unspecified atom stereocenters. The first kappa shape index (κ1) is 8.02. The fourth-order valence-electron chi connectivity index (χ4n) is 1.23. The van der Waals surface area contributed by atoms with Gasteiger partial charge < -0.3 is 10.1 Å². The molecular formula is C8H17NO. The van der Waals surface area contributed by atoms with E-state index in [0.29, 0.717) is 6.04 Å². The van der Waals surface area contributed by atoms with E-state index in [2.05, 4.69) is 19.2 Å². The molecular weight excluding hydrogens is 126 g/mol. The molecule has 0 aromatic carbocycles. The summed E-state index contributed by atoms with van der Waals surface area (Å²) >= 11 is 0. The predicted molar refractivity (Wildman–Crippen MR) is 42.1 cm³/mol. The Morgan fingerprint density at radius 3 is 2.60 bits per heavy atom. The Hall–Kier alpha value is -0.0800. The molecule has 1 saturated heterocycles. The summed E-state index contributed by atoms with van der Waals surface area (Å²) in [5, 5.41) is 3.22. The SMILES string of the molecule is CNC1CCC(C)(C)OC1. The van der Waals surface area contributed by atoms with E-state index in [4.69, 9.17) is 4.74 Å². The minimum Gasteiger partial charge on any atom is -0.374 e. The van der Waals surface area contributed by atoms with Crippen molar-refractivity contribution < 1.29 is 4.74 Å². The Balaban J connectivity index is 2.31. The van der Waals surface area contributed by atoms with Gasteiger partial charge in [0.15, 0.2) is 0 Å². The van der Waals surface area contributed by atoms with Crippen LogP contribution in [0, 0.1) is 0 Å². The molecule has 2 nitrogen and oxygen atoms in total. The Labute approximate surface area is 63.0 Å². The number of hydrogen-bond acceptors (Lipinski definition) is 2. The summed E-state index contributed by atoms with van der Waals surface area (Å²) in [6, 6.07) is 0.577. The van der Waals surface area contributed by atoms with Crippen molar-refractivity contribution in [1.29, 1.82) is 0 Å². The third-order valence-corrected chi connectivity index (χ3v) is 2.18. The standard InChI is InChI=1S/C8H17NO/c1-8(2)5-4-7(9-3)6-10-8/h7,9H,4-6H2,1-3H3. The van der Waals surface area contributed by atoms with E-state index < -0.39 is 0 Å². The second kappa shape index (κ2) is 2.89. The monoisotopic (exact) mass is 143 g/mol. The summed E-state index contributed by atoms with van der Waals surface area (Å²) in [7, 11) is 1.99. The third kappa shape index (κ3) is 1.96. The average Bonchev–Trinajstić information content (AvgIpc) is 1.88. The lowest BCUT2D eigenvalue weighted by Crippen LogP contribution is -2.42. The Kier molecular flexibility index (Phi) is 2.32. The zero-order valence-electron chi connectivity index (χ0n) is 7.11. The van der Waals surface area contributed by atoms with Gasteiger partial charge in [-0.05, 0) is 33.7 Å². The third-order valence-electron chi connectivity index (χ3n) is 2.18. The summed E-state index contributed by atoms with van der Waals surface area (Å²) in [5.74, 6) is 0. The van der Waals surface area contributed by atoms with Crippen LogP contribution in [0.25, 0.3) is 0 Å². The van der Waals surface area contributed by atoms with Gasteiger partial charge in [0.25, 0.3) is 0 Å². The molecule has 0 spiro atoms. The molecule has 0 aliphatic carbocycles. The summed E-state index contributed by atoms with van der Waals surface area (Å²) < 4.78 is 5.61. The van der Waals surface area contributed by atoms with Crippen LogP contribution in [0.5, 0.6) is 0 Å². The fraction of sp³-hybridized carbons (Fsp3) is 1.00. The minimum absolute atomic E-state index is 0.118. The topological polar surface area (TPSA) is 21.3 Å². The van der Waals surface area contributed by atoms with Crippen LogP contribution in [-0.2, 0) is 4.74 Å². The lowest BCUT2D eigenvalue weighted by atomic mass is 9.96. The Morgan fingerprint density at radius 1 is 1.50 bits per heavy atom. The van der Waals surface area contributed by atoms with E-state index in [0.717, 1.165) is 6.61 Å². The summed E-state index contributed by atoms with van der Waals surface area (Å²) in [6.07, 6.45) is 2.40. The first-order valence-electron chi connectivity index (χ1n) is 3.95. The van der Waals surface area contributed by atoms with Gasteiger partial charge in [-0.3, -0.25) is 0 Å². The molecule has 1 aliphatic heterocycles. The van der Waals surface area contributed by atoms with Gasteiger partial charge >= 0.3 is 0 Å². The molecule has 10 heavy (non-hydrogen) atoms. The molecule has 1 heterocycles. The van der Waals surface area contributed by atoms with E-state index in [1.165, 1.54) is 12.8 Å². The normalized spacial score (nSPS) is 32.1. The minimum atomic E-state index is 0.118. The number of likely N-dealkylation sites (N-methyl/N-ethyl adjacent to an activating group) is 1. The molecule has 0 aromatic rings. The van der Waals surface area contributed by atoms with Crippen molar-refractivity contribution in [3.8, 4) is 0 Å². The molecule has 0 saturated carbocycles. The van der Waals surface area contributed by atoms with Gasteiger partial charge in [-0.25, -0.2) is 0 Å². The van der Waals surface area contributed by atoms with Crippen LogP contribution >= 0.6 is 0 Å². The van der Waals surface area contributed by atoms with E-state index in [1.807, 2.05) is 7.05 Å². The van der Waals surface area contributed by atoms with Gasteiger partial charge in [0.2, 0.25) is 0 Å². The van der Waals surface area contributed by atoms with Crippen LogP contribution in [0.1, 0.15) is 26.7 Å². The van der Waals surface area contributed by atoms with Crippen molar-refractivity contribution in [3.63, 3.8) is 0 Å². The highest BCUT2D eigenvalue weighted by atomic mass is 16.5. The van der Waals surface area contributed by atoms with Crippen molar-refractivity contribution in [3.05, 3.63) is 0 Å². The molecule has 0 bridgehead atoms. The molecule has 60 valence electrons. The number of nitrogens with one attached hydrogen (secondary N) is 1. The molecule has 0 amide bonds. The van der Waals surface area contributed by atoms with Crippen LogP contribution in [-0.4, -0.2) is 25.3 Å². The van der Waals surface area contributed by atoms with Crippen LogP contribution < -0.4 is 5.32 Å². The highest BCUT2D eigenvalue weighted by Crippen LogP contribution is 2.23. The van der Waals surface area contributed by atoms with Crippen molar-refractivity contribution in [1.82, 2.24) is 5.32 Å². The van der Waals surface area contributed by atoms with Crippen molar-refractivity contribution in [2.75, 3.05) is 13.7 Å². The average molecular weight is 143 g/mol. The van der Waals surface area contributed by atoms with E-state index in [9.17, 15) is 0 Å².